The molecule has 1 aliphatic heterocycles. The normalized spacial score (nSPS) is 13.4. The second-order valence-corrected chi connectivity index (χ2v) is 5.48. The van der Waals surface area contributed by atoms with Crippen molar-refractivity contribution in [2.75, 3.05) is 11.4 Å². The molecule has 0 spiro atoms. The minimum Gasteiger partial charge on any atom is -0.389 e. The molecule has 0 unspecified atom stereocenters. The molecule has 3 rings (SSSR count). The van der Waals surface area contributed by atoms with E-state index in [2.05, 4.69) is 11.0 Å². The predicted molar refractivity (Wildman–Crippen MR) is 84.2 cm³/mol. The maximum absolute atomic E-state index is 13.4. The Morgan fingerprint density at radius 3 is 2.75 bits per heavy atom. The zero-order chi connectivity index (χ0) is 14.3. The first-order valence-corrected chi connectivity index (χ1v) is 6.93. The molecule has 1 heterocycles. The van der Waals surface area contributed by atoms with E-state index in [0.29, 0.717) is 4.99 Å². The Bertz CT molecular complexity index is 697. The maximum atomic E-state index is 13.4. The molecular weight excluding hydrogens is 271 g/mol. The number of nitrogens with zero attached hydrogens (tertiary/aromatic N) is 1. The number of halogens is 1. The minimum atomic E-state index is -0.202. The Balaban J connectivity index is 2.02. The van der Waals surface area contributed by atoms with Crippen molar-refractivity contribution in [3.8, 4) is 0 Å². The first-order valence-electron chi connectivity index (χ1n) is 6.52. The molecule has 102 valence electrons. The van der Waals surface area contributed by atoms with Crippen LogP contribution in [0.1, 0.15) is 16.7 Å². The van der Waals surface area contributed by atoms with Gasteiger partial charge in [-0.3, -0.25) is 0 Å². The van der Waals surface area contributed by atoms with Gasteiger partial charge in [0.1, 0.15) is 10.8 Å². The lowest BCUT2D eigenvalue weighted by Gasteiger charge is -2.21. The van der Waals surface area contributed by atoms with Gasteiger partial charge in [-0.2, -0.15) is 0 Å². The summed E-state index contributed by atoms with van der Waals surface area (Å²) >= 11 is 5.02. The van der Waals surface area contributed by atoms with Crippen LogP contribution in [0, 0.1) is 12.7 Å². The Labute approximate surface area is 123 Å². The highest BCUT2D eigenvalue weighted by atomic mass is 32.1. The van der Waals surface area contributed by atoms with E-state index >= 15 is 0 Å². The summed E-state index contributed by atoms with van der Waals surface area (Å²) in [6, 6.07) is 10.9. The highest BCUT2D eigenvalue weighted by Gasteiger charge is 2.21. The average molecular weight is 286 g/mol. The Hall–Kier alpha value is -1.94. The van der Waals surface area contributed by atoms with Crippen LogP contribution in [0.3, 0.4) is 0 Å². The molecule has 0 fully saturated rings. The summed E-state index contributed by atoms with van der Waals surface area (Å²) in [4.78, 5) is 2.54. The van der Waals surface area contributed by atoms with Crippen molar-refractivity contribution < 1.29 is 4.39 Å². The van der Waals surface area contributed by atoms with Crippen LogP contribution in [0.2, 0.25) is 0 Å². The maximum Gasteiger partial charge on any atom is 0.125 e. The lowest BCUT2D eigenvalue weighted by Crippen LogP contribution is -2.15. The van der Waals surface area contributed by atoms with Crippen molar-refractivity contribution in [1.82, 2.24) is 0 Å². The summed E-state index contributed by atoms with van der Waals surface area (Å²) in [5, 5.41) is 0. The molecule has 4 heteroatoms. The lowest BCUT2D eigenvalue weighted by atomic mass is 10.1. The zero-order valence-corrected chi connectivity index (χ0v) is 12.0. The van der Waals surface area contributed by atoms with Crippen molar-refractivity contribution >= 4 is 28.6 Å². The predicted octanol–water partition coefficient (Wildman–Crippen LogP) is 3.46. The second-order valence-electron chi connectivity index (χ2n) is 5.04. The fraction of sp³-hybridized carbons (Fsp3) is 0.188. The summed E-state index contributed by atoms with van der Waals surface area (Å²) in [6.45, 7) is 2.85. The van der Waals surface area contributed by atoms with E-state index in [4.69, 9.17) is 18.0 Å². The van der Waals surface area contributed by atoms with Gasteiger partial charge < -0.3 is 10.6 Å². The van der Waals surface area contributed by atoms with E-state index in [9.17, 15) is 4.39 Å². The van der Waals surface area contributed by atoms with Crippen LogP contribution in [0.25, 0.3) is 0 Å². The number of fused-ring (bicyclic) bond motifs is 1. The van der Waals surface area contributed by atoms with E-state index in [1.54, 1.807) is 6.07 Å². The van der Waals surface area contributed by atoms with Crippen molar-refractivity contribution in [1.29, 1.82) is 0 Å². The van der Waals surface area contributed by atoms with Crippen LogP contribution < -0.4 is 10.6 Å². The molecular formula is C16H15FN2S. The lowest BCUT2D eigenvalue weighted by molar-refractivity contribution is 0.628. The topological polar surface area (TPSA) is 29.3 Å². The summed E-state index contributed by atoms with van der Waals surface area (Å²) in [6.07, 6.45) is 0.936. The van der Waals surface area contributed by atoms with Crippen molar-refractivity contribution in [2.45, 2.75) is 13.3 Å². The molecule has 0 saturated carbocycles. The van der Waals surface area contributed by atoms with E-state index in [1.165, 1.54) is 11.6 Å². The van der Waals surface area contributed by atoms with Gasteiger partial charge in [-0.25, -0.2) is 4.39 Å². The van der Waals surface area contributed by atoms with Crippen molar-refractivity contribution in [3.63, 3.8) is 0 Å². The Kier molecular flexibility index (Phi) is 3.18. The van der Waals surface area contributed by atoms with Gasteiger partial charge in [0.2, 0.25) is 0 Å². The number of nitrogens with two attached hydrogens (primary N) is 1. The quantitative estimate of drug-likeness (QED) is 0.857. The second kappa shape index (κ2) is 4.87. The van der Waals surface area contributed by atoms with Crippen LogP contribution in [0.4, 0.5) is 15.8 Å². The summed E-state index contributed by atoms with van der Waals surface area (Å²) in [7, 11) is 0. The molecule has 0 aliphatic carbocycles. The fourth-order valence-electron chi connectivity index (χ4n) is 2.71. The number of rotatable bonds is 2. The molecule has 0 aromatic heterocycles. The van der Waals surface area contributed by atoms with Crippen LogP contribution in [0.15, 0.2) is 36.4 Å². The highest BCUT2D eigenvalue weighted by molar-refractivity contribution is 7.80. The first kappa shape index (κ1) is 13.1. The van der Waals surface area contributed by atoms with Gasteiger partial charge in [-0.1, -0.05) is 18.3 Å². The molecule has 2 aromatic rings. The standard InChI is InChI=1S/C16H15FN2S/c1-10-8-13(4-5-14(10)16(18)20)19-7-6-11-2-3-12(17)9-15(11)19/h2-5,8-9H,6-7H2,1H3,(H2,18,20). The van der Waals surface area contributed by atoms with E-state index in [-0.39, 0.29) is 5.82 Å². The van der Waals surface area contributed by atoms with Crippen LogP contribution in [0.5, 0.6) is 0 Å². The SMILES string of the molecule is Cc1cc(N2CCc3ccc(F)cc32)ccc1C(N)=S. The largest absolute Gasteiger partial charge is 0.389 e. The smallest absolute Gasteiger partial charge is 0.125 e. The van der Waals surface area contributed by atoms with Gasteiger partial charge in [0.25, 0.3) is 0 Å². The van der Waals surface area contributed by atoms with Gasteiger partial charge >= 0.3 is 0 Å². The molecule has 1 aliphatic rings. The molecule has 20 heavy (non-hydrogen) atoms. The van der Waals surface area contributed by atoms with Gasteiger partial charge in [0.15, 0.2) is 0 Å². The fourth-order valence-corrected chi connectivity index (χ4v) is 2.94. The Morgan fingerprint density at radius 2 is 2.05 bits per heavy atom. The average Bonchev–Trinajstić information content (AvgIpc) is 2.81. The minimum absolute atomic E-state index is 0.202. The van der Waals surface area contributed by atoms with E-state index in [0.717, 1.165) is 35.5 Å². The van der Waals surface area contributed by atoms with E-state index in [1.807, 2.05) is 25.1 Å². The molecule has 2 N–H and O–H groups in total. The monoisotopic (exact) mass is 286 g/mol. The molecule has 0 bridgehead atoms. The molecule has 0 radical (unpaired) electrons. The summed E-state index contributed by atoms with van der Waals surface area (Å²) in [5.41, 5.74) is 10.8. The van der Waals surface area contributed by atoms with Gasteiger partial charge in [0, 0.05) is 23.5 Å². The third-order valence-electron chi connectivity index (χ3n) is 3.73. The highest BCUT2D eigenvalue weighted by Crippen LogP contribution is 2.35. The number of thiocarbonyl (C=S) groups is 1. The van der Waals surface area contributed by atoms with Crippen LogP contribution >= 0.6 is 12.2 Å². The number of benzene rings is 2. The van der Waals surface area contributed by atoms with E-state index < -0.39 is 0 Å². The number of aryl methyl sites for hydroxylation is 1. The van der Waals surface area contributed by atoms with Gasteiger partial charge in [-0.05, 0) is 54.8 Å². The van der Waals surface area contributed by atoms with Crippen molar-refractivity contribution in [3.05, 3.63) is 58.9 Å². The molecule has 2 aromatic carbocycles. The molecule has 0 amide bonds. The van der Waals surface area contributed by atoms with Gasteiger partial charge in [-0.15, -0.1) is 0 Å². The first-order chi connectivity index (χ1) is 9.56. The van der Waals surface area contributed by atoms with Crippen molar-refractivity contribution in [2.24, 2.45) is 5.73 Å². The third kappa shape index (κ3) is 2.16. The number of hydrogen-bond donors (Lipinski definition) is 1. The van der Waals surface area contributed by atoms with Crippen LogP contribution in [-0.2, 0) is 6.42 Å². The Morgan fingerprint density at radius 1 is 1.25 bits per heavy atom. The summed E-state index contributed by atoms with van der Waals surface area (Å²) < 4.78 is 13.4. The molecule has 2 nitrogen and oxygen atoms in total. The molecule has 0 atom stereocenters. The van der Waals surface area contributed by atoms with Gasteiger partial charge in [0.05, 0.1) is 0 Å². The number of anilines is 2. The molecule has 0 saturated heterocycles. The van der Waals surface area contributed by atoms with Crippen LogP contribution in [-0.4, -0.2) is 11.5 Å². The summed E-state index contributed by atoms with van der Waals surface area (Å²) in [5.74, 6) is -0.202. The zero-order valence-electron chi connectivity index (χ0n) is 11.2. The number of hydrogen-bond acceptors (Lipinski definition) is 2. The third-order valence-corrected chi connectivity index (χ3v) is 3.95.